The molecule has 0 aliphatic heterocycles. The van der Waals surface area contributed by atoms with Crippen LogP contribution >= 0.6 is 0 Å². The number of aromatic amines is 1. The van der Waals surface area contributed by atoms with Crippen LogP contribution in [0.15, 0.2) is 25.0 Å². The van der Waals surface area contributed by atoms with E-state index >= 15 is 0 Å². The number of aromatic nitrogens is 2. The van der Waals surface area contributed by atoms with Crippen LogP contribution in [0.3, 0.4) is 0 Å². The molecule has 0 aromatic carbocycles. The van der Waals surface area contributed by atoms with E-state index in [9.17, 15) is 4.79 Å². The Balaban J connectivity index is 2.32. The van der Waals surface area contributed by atoms with Crippen LogP contribution in [0, 0.1) is 0 Å². The van der Waals surface area contributed by atoms with Gasteiger partial charge in [-0.3, -0.25) is 10.4 Å². The SMILES string of the molecule is C=CCOC(=O)Nc1cn[nH]c1. The van der Waals surface area contributed by atoms with E-state index < -0.39 is 6.09 Å². The van der Waals surface area contributed by atoms with Crippen LogP contribution in [0.1, 0.15) is 0 Å². The molecule has 0 fully saturated rings. The van der Waals surface area contributed by atoms with Crippen molar-refractivity contribution >= 4 is 11.8 Å². The van der Waals surface area contributed by atoms with Crippen LogP contribution < -0.4 is 5.32 Å². The molecule has 5 heteroatoms. The Morgan fingerprint density at radius 1 is 1.92 bits per heavy atom. The lowest BCUT2D eigenvalue weighted by Gasteiger charge is -2.00. The molecule has 12 heavy (non-hydrogen) atoms. The Morgan fingerprint density at radius 3 is 3.33 bits per heavy atom. The first-order valence-corrected chi connectivity index (χ1v) is 3.36. The number of H-pyrrole nitrogens is 1. The van der Waals surface area contributed by atoms with Crippen LogP contribution in [0.4, 0.5) is 10.5 Å². The zero-order valence-corrected chi connectivity index (χ0v) is 6.41. The van der Waals surface area contributed by atoms with E-state index in [0.29, 0.717) is 5.69 Å². The summed E-state index contributed by atoms with van der Waals surface area (Å²) < 4.78 is 4.65. The molecule has 1 aromatic rings. The summed E-state index contributed by atoms with van der Waals surface area (Å²) in [7, 11) is 0. The van der Waals surface area contributed by atoms with E-state index in [1.165, 1.54) is 12.3 Å². The molecule has 0 bridgehead atoms. The summed E-state index contributed by atoms with van der Waals surface area (Å²) in [6, 6.07) is 0. The molecule has 0 atom stereocenters. The predicted octanol–water partition coefficient (Wildman–Crippen LogP) is 1.14. The number of ether oxygens (including phenoxy) is 1. The van der Waals surface area contributed by atoms with E-state index in [0.717, 1.165) is 0 Å². The summed E-state index contributed by atoms with van der Waals surface area (Å²) >= 11 is 0. The molecule has 0 spiro atoms. The standard InChI is InChI=1S/C7H9N3O2/c1-2-3-12-7(11)10-6-4-8-9-5-6/h2,4-5H,1,3H2,(H,8,9)(H,10,11). The molecule has 64 valence electrons. The average Bonchev–Trinajstić information content (AvgIpc) is 2.53. The molecular weight excluding hydrogens is 158 g/mol. The molecule has 1 amide bonds. The largest absolute Gasteiger partial charge is 0.445 e. The normalized spacial score (nSPS) is 9.00. The van der Waals surface area contributed by atoms with E-state index in [-0.39, 0.29) is 6.61 Å². The third-order valence-electron chi connectivity index (χ3n) is 1.08. The number of hydrogen-bond donors (Lipinski definition) is 2. The van der Waals surface area contributed by atoms with E-state index in [1.807, 2.05) is 0 Å². The number of rotatable bonds is 3. The molecule has 0 aliphatic carbocycles. The third kappa shape index (κ3) is 2.45. The van der Waals surface area contributed by atoms with Crippen molar-refractivity contribution in [1.82, 2.24) is 10.2 Å². The van der Waals surface area contributed by atoms with Gasteiger partial charge in [-0.1, -0.05) is 12.7 Å². The lowest BCUT2D eigenvalue weighted by Crippen LogP contribution is -2.12. The first kappa shape index (κ1) is 8.32. The van der Waals surface area contributed by atoms with E-state index in [2.05, 4.69) is 26.8 Å². The minimum absolute atomic E-state index is 0.198. The fourth-order valence-corrected chi connectivity index (χ4v) is 0.608. The van der Waals surface area contributed by atoms with Crippen LogP contribution in [0.5, 0.6) is 0 Å². The zero-order valence-electron chi connectivity index (χ0n) is 6.41. The second kappa shape index (κ2) is 4.17. The quantitative estimate of drug-likeness (QED) is 0.663. The van der Waals surface area contributed by atoms with Crippen molar-refractivity contribution in [1.29, 1.82) is 0 Å². The Bertz CT molecular complexity index is 256. The van der Waals surface area contributed by atoms with Gasteiger partial charge in [0, 0.05) is 6.20 Å². The van der Waals surface area contributed by atoms with Crippen molar-refractivity contribution < 1.29 is 9.53 Å². The van der Waals surface area contributed by atoms with Gasteiger partial charge in [0.15, 0.2) is 0 Å². The minimum atomic E-state index is -0.517. The highest BCUT2D eigenvalue weighted by atomic mass is 16.5. The summed E-state index contributed by atoms with van der Waals surface area (Å²) in [6.45, 7) is 3.60. The molecule has 0 unspecified atom stereocenters. The van der Waals surface area contributed by atoms with Gasteiger partial charge >= 0.3 is 6.09 Å². The number of carbonyl (C=O) groups excluding carboxylic acids is 1. The van der Waals surface area contributed by atoms with Gasteiger partial charge in [-0.05, 0) is 0 Å². The number of anilines is 1. The Morgan fingerprint density at radius 2 is 2.75 bits per heavy atom. The second-order valence-electron chi connectivity index (χ2n) is 2.00. The molecular formula is C7H9N3O2. The van der Waals surface area contributed by atoms with Crippen molar-refractivity contribution in [2.45, 2.75) is 0 Å². The topological polar surface area (TPSA) is 67.0 Å². The van der Waals surface area contributed by atoms with Crippen molar-refractivity contribution in [3.63, 3.8) is 0 Å². The average molecular weight is 167 g/mol. The third-order valence-corrected chi connectivity index (χ3v) is 1.08. The predicted molar refractivity (Wildman–Crippen MR) is 43.8 cm³/mol. The van der Waals surface area contributed by atoms with Crippen molar-refractivity contribution in [3.05, 3.63) is 25.0 Å². The molecule has 0 saturated heterocycles. The molecule has 1 rings (SSSR count). The maximum absolute atomic E-state index is 10.8. The number of nitrogens with zero attached hydrogens (tertiary/aromatic N) is 1. The molecule has 1 aromatic heterocycles. The van der Waals surface area contributed by atoms with Crippen LogP contribution in [0.2, 0.25) is 0 Å². The lowest BCUT2D eigenvalue weighted by molar-refractivity contribution is 0.174. The Hall–Kier alpha value is -1.78. The first-order valence-electron chi connectivity index (χ1n) is 3.36. The van der Waals surface area contributed by atoms with E-state index in [4.69, 9.17) is 0 Å². The van der Waals surface area contributed by atoms with Gasteiger partial charge in [0.1, 0.15) is 6.61 Å². The monoisotopic (exact) mass is 167 g/mol. The smallest absolute Gasteiger partial charge is 0.412 e. The molecule has 2 N–H and O–H groups in total. The number of amides is 1. The zero-order chi connectivity index (χ0) is 8.81. The lowest BCUT2D eigenvalue weighted by atomic mass is 10.6. The first-order chi connectivity index (χ1) is 5.83. The number of nitrogens with one attached hydrogen (secondary N) is 2. The Labute approximate surface area is 69.4 Å². The van der Waals surface area contributed by atoms with Gasteiger partial charge in [0.25, 0.3) is 0 Å². The molecule has 1 heterocycles. The summed E-state index contributed by atoms with van der Waals surface area (Å²) in [5.74, 6) is 0. The number of carbonyl (C=O) groups is 1. The van der Waals surface area contributed by atoms with Gasteiger partial charge in [-0.15, -0.1) is 0 Å². The van der Waals surface area contributed by atoms with Crippen LogP contribution in [-0.2, 0) is 4.74 Å². The summed E-state index contributed by atoms with van der Waals surface area (Å²) in [5.41, 5.74) is 0.573. The fraction of sp³-hybridized carbons (Fsp3) is 0.143. The van der Waals surface area contributed by atoms with Gasteiger partial charge in [-0.25, -0.2) is 4.79 Å². The summed E-state index contributed by atoms with van der Waals surface area (Å²) in [4.78, 5) is 10.8. The van der Waals surface area contributed by atoms with Crippen LogP contribution in [0.25, 0.3) is 0 Å². The minimum Gasteiger partial charge on any atom is -0.445 e. The number of hydrogen-bond acceptors (Lipinski definition) is 3. The van der Waals surface area contributed by atoms with Gasteiger partial charge in [0.05, 0.1) is 11.9 Å². The van der Waals surface area contributed by atoms with E-state index in [1.54, 1.807) is 6.20 Å². The maximum atomic E-state index is 10.8. The van der Waals surface area contributed by atoms with Gasteiger partial charge in [0.2, 0.25) is 0 Å². The highest BCUT2D eigenvalue weighted by Crippen LogP contribution is 2.00. The highest BCUT2D eigenvalue weighted by Gasteiger charge is 2.00. The molecule has 5 nitrogen and oxygen atoms in total. The molecule has 0 radical (unpaired) electrons. The summed E-state index contributed by atoms with van der Waals surface area (Å²) in [5, 5.41) is 8.64. The maximum Gasteiger partial charge on any atom is 0.412 e. The second-order valence-corrected chi connectivity index (χ2v) is 2.00. The molecule has 0 aliphatic rings. The van der Waals surface area contributed by atoms with Crippen molar-refractivity contribution in [3.8, 4) is 0 Å². The van der Waals surface area contributed by atoms with Gasteiger partial charge in [-0.2, -0.15) is 5.10 Å². The molecule has 0 saturated carbocycles. The fourth-order valence-electron chi connectivity index (χ4n) is 0.608. The highest BCUT2D eigenvalue weighted by molar-refractivity contribution is 5.84. The van der Waals surface area contributed by atoms with Crippen molar-refractivity contribution in [2.24, 2.45) is 0 Å². The van der Waals surface area contributed by atoms with Crippen LogP contribution in [-0.4, -0.2) is 22.9 Å². The van der Waals surface area contributed by atoms with Crippen molar-refractivity contribution in [2.75, 3.05) is 11.9 Å². The Kier molecular flexibility index (Phi) is 2.89. The van der Waals surface area contributed by atoms with Gasteiger partial charge < -0.3 is 4.74 Å². The summed E-state index contributed by atoms with van der Waals surface area (Å²) in [6.07, 6.45) is 4.01.